The Hall–Kier alpha value is -6.70. The quantitative estimate of drug-likeness (QED) is 0.161. The van der Waals surface area contributed by atoms with Crippen molar-refractivity contribution in [3.63, 3.8) is 0 Å². The number of hydrogen-bond acceptors (Lipinski definition) is 1. The highest BCUT2D eigenvalue weighted by molar-refractivity contribution is 5.86. The van der Waals surface area contributed by atoms with Gasteiger partial charge in [0.1, 0.15) is 11.9 Å². The van der Waals surface area contributed by atoms with E-state index in [4.69, 9.17) is 4.74 Å². The summed E-state index contributed by atoms with van der Waals surface area (Å²) in [5.41, 5.74) is 23.9. The monoisotopic (exact) mass is 810 g/mol. The summed E-state index contributed by atoms with van der Waals surface area (Å²) in [6.45, 7) is 14.3. The molecule has 1 aliphatic heterocycles. The summed E-state index contributed by atoms with van der Waals surface area (Å²) in [7, 11) is 0. The number of hydrogen-bond donors (Lipinski definition) is 0. The van der Waals surface area contributed by atoms with E-state index >= 15 is 0 Å². The Bertz CT molecular complexity index is 3320. The van der Waals surface area contributed by atoms with Crippen LogP contribution in [0.4, 0.5) is 0 Å². The molecule has 0 amide bonds. The smallest absolute Gasteiger partial charge is 0.135 e. The first-order valence-corrected chi connectivity index (χ1v) is 22.9. The van der Waals surface area contributed by atoms with Crippen LogP contribution in [0.5, 0.6) is 5.75 Å². The molecule has 2 unspecified atom stereocenters. The van der Waals surface area contributed by atoms with Crippen molar-refractivity contribution in [3.05, 3.63) is 241 Å². The third kappa shape index (κ3) is 5.00. The molecule has 1 heterocycles. The lowest BCUT2D eigenvalue weighted by molar-refractivity contribution is 0.281. The molecule has 13 rings (SSSR count). The molecular formula is C62H50O. The Labute approximate surface area is 371 Å². The van der Waals surface area contributed by atoms with Crippen molar-refractivity contribution >= 4 is 11.6 Å². The van der Waals surface area contributed by atoms with Crippen LogP contribution in [0.2, 0.25) is 0 Å². The second-order valence-corrected chi connectivity index (χ2v) is 20.3. The summed E-state index contributed by atoms with van der Waals surface area (Å²) in [5, 5.41) is 2.54. The Kier molecular flexibility index (Phi) is 7.44. The van der Waals surface area contributed by atoms with Crippen LogP contribution in [0.15, 0.2) is 170 Å². The molecule has 8 aromatic rings. The summed E-state index contributed by atoms with van der Waals surface area (Å²) >= 11 is 0. The van der Waals surface area contributed by atoms with Gasteiger partial charge in [0.05, 0.1) is 0 Å². The van der Waals surface area contributed by atoms with Gasteiger partial charge in [0.15, 0.2) is 0 Å². The zero-order chi connectivity index (χ0) is 42.6. The van der Waals surface area contributed by atoms with Gasteiger partial charge in [-0.25, -0.2) is 0 Å². The zero-order valence-electron chi connectivity index (χ0n) is 36.9. The van der Waals surface area contributed by atoms with Crippen LogP contribution in [0.1, 0.15) is 115 Å². The standard InChI is InChI=1S/C62H50O/c1-60(2)50-20-12-9-17-42(50)45-27-23-37(32-53(45)60)57(38-24-28-46-43-18-10-13-21-51(43)61(3,4)54(46)33-38)40-26-30-48-49-31-36-15-7-8-16-41(36)58(59(49)63-56(48)35-40)39-25-29-47-44-19-11-14-22-52(44)62(5,6)55(47)34-39/h7-35,49,57,59H,1-6H3. The molecule has 0 saturated heterocycles. The van der Waals surface area contributed by atoms with Gasteiger partial charge in [-0.05, 0) is 112 Å². The van der Waals surface area contributed by atoms with E-state index in [1.54, 1.807) is 0 Å². The van der Waals surface area contributed by atoms with E-state index < -0.39 is 0 Å². The zero-order valence-corrected chi connectivity index (χ0v) is 36.9. The van der Waals surface area contributed by atoms with E-state index in [0.29, 0.717) is 0 Å². The van der Waals surface area contributed by atoms with Gasteiger partial charge in [0.2, 0.25) is 0 Å². The van der Waals surface area contributed by atoms with Crippen molar-refractivity contribution in [1.29, 1.82) is 0 Å². The van der Waals surface area contributed by atoms with E-state index in [1.807, 2.05) is 0 Å². The van der Waals surface area contributed by atoms with Gasteiger partial charge in [-0.2, -0.15) is 0 Å². The Balaban J connectivity index is 0.954. The summed E-state index contributed by atoms with van der Waals surface area (Å²) in [5.74, 6) is 1.10. The largest absolute Gasteiger partial charge is 0.484 e. The first-order valence-electron chi connectivity index (χ1n) is 22.9. The van der Waals surface area contributed by atoms with Crippen molar-refractivity contribution < 1.29 is 4.74 Å². The molecule has 0 bridgehead atoms. The predicted octanol–water partition coefficient (Wildman–Crippen LogP) is 13.3. The van der Waals surface area contributed by atoms with E-state index in [0.717, 1.165) is 5.75 Å². The fourth-order valence-corrected chi connectivity index (χ4v) is 12.7. The Morgan fingerprint density at radius 2 is 0.857 bits per heavy atom. The lowest BCUT2D eigenvalue weighted by atomic mass is 9.76. The summed E-state index contributed by atoms with van der Waals surface area (Å²) < 4.78 is 7.36. The number of rotatable bonds is 4. The van der Waals surface area contributed by atoms with Crippen molar-refractivity contribution in [2.75, 3.05) is 0 Å². The van der Waals surface area contributed by atoms with Crippen LogP contribution >= 0.6 is 0 Å². The minimum absolute atomic E-state index is 0.00125. The molecule has 1 heteroatoms. The Morgan fingerprint density at radius 3 is 1.43 bits per heavy atom. The predicted molar refractivity (Wildman–Crippen MR) is 259 cm³/mol. The molecule has 0 spiro atoms. The average molecular weight is 811 g/mol. The van der Waals surface area contributed by atoms with E-state index in [2.05, 4.69) is 217 Å². The SMILES string of the molecule is CC1(C)c2ccccc2-c2ccc(C3=c4ccccc4=CC4c5ccc(C(c6ccc7c(c6)C(C)(C)c6ccccc6-7)c6ccc7c(c6)C(C)(C)c6ccccc6-7)cc5OC34)cc21. The maximum Gasteiger partial charge on any atom is 0.135 e. The van der Waals surface area contributed by atoms with Crippen LogP contribution in [0.25, 0.3) is 45.0 Å². The molecule has 1 nitrogen and oxygen atoms in total. The summed E-state index contributed by atoms with van der Waals surface area (Å²) in [4.78, 5) is 0. The first-order chi connectivity index (χ1) is 30.5. The molecule has 4 aliphatic carbocycles. The van der Waals surface area contributed by atoms with Crippen molar-refractivity contribution in [2.45, 2.75) is 75.7 Å². The van der Waals surface area contributed by atoms with Crippen LogP contribution < -0.4 is 15.2 Å². The minimum Gasteiger partial charge on any atom is -0.484 e. The van der Waals surface area contributed by atoms with Crippen LogP contribution in [0.3, 0.4) is 0 Å². The molecule has 63 heavy (non-hydrogen) atoms. The molecule has 0 fully saturated rings. The molecule has 304 valence electrons. The Morgan fingerprint density at radius 1 is 0.413 bits per heavy atom. The normalized spacial score (nSPS) is 19.1. The molecule has 0 saturated carbocycles. The van der Waals surface area contributed by atoms with Gasteiger partial charge in [-0.3, -0.25) is 0 Å². The second kappa shape index (κ2) is 12.7. The van der Waals surface area contributed by atoms with E-state index in [1.165, 1.54) is 111 Å². The van der Waals surface area contributed by atoms with Crippen molar-refractivity contribution in [1.82, 2.24) is 0 Å². The average Bonchev–Trinajstić information content (AvgIpc) is 3.93. The van der Waals surface area contributed by atoms with E-state index in [-0.39, 0.29) is 34.2 Å². The molecular weight excluding hydrogens is 761 g/mol. The van der Waals surface area contributed by atoms with Gasteiger partial charge in [0.25, 0.3) is 0 Å². The maximum atomic E-state index is 7.36. The molecule has 0 radical (unpaired) electrons. The fraction of sp³-hybridized carbons (Fsp3) is 0.194. The summed E-state index contributed by atoms with van der Waals surface area (Å²) in [6.07, 6.45) is 2.33. The lowest BCUT2D eigenvalue weighted by Gasteiger charge is -2.26. The number of ether oxygens (including phenoxy) is 1. The lowest BCUT2D eigenvalue weighted by Crippen LogP contribution is -2.39. The molecule has 8 aromatic carbocycles. The molecule has 0 N–H and O–H groups in total. The van der Waals surface area contributed by atoms with Gasteiger partial charge in [-0.1, -0.05) is 205 Å². The van der Waals surface area contributed by atoms with Crippen LogP contribution in [0, 0.1) is 0 Å². The second-order valence-electron chi connectivity index (χ2n) is 20.3. The topological polar surface area (TPSA) is 9.23 Å². The molecule has 0 aromatic heterocycles. The van der Waals surface area contributed by atoms with Gasteiger partial charge in [0, 0.05) is 39.2 Å². The van der Waals surface area contributed by atoms with Crippen molar-refractivity contribution in [2.24, 2.45) is 0 Å². The van der Waals surface area contributed by atoms with Gasteiger partial charge < -0.3 is 4.74 Å². The van der Waals surface area contributed by atoms with Crippen molar-refractivity contribution in [3.8, 4) is 39.1 Å². The van der Waals surface area contributed by atoms with E-state index in [9.17, 15) is 0 Å². The number of fused-ring (bicyclic) bond motifs is 13. The fourth-order valence-electron chi connectivity index (χ4n) is 12.7. The number of benzene rings is 8. The van der Waals surface area contributed by atoms with Crippen LogP contribution in [-0.2, 0) is 16.2 Å². The highest BCUT2D eigenvalue weighted by atomic mass is 16.5. The molecule has 5 aliphatic rings. The highest BCUT2D eigenvalue weighted by Crippen LogP contribution is 2.54. The first kappa shape index (κ1) is 36.9. The van der Waals surface area contributed by atoms with Gasteiger partial charge >= 0.3 is 0 Å². The van der Waals surface area contributed by atoms with Gasteiger partial charge in [-0.15, -0.1) is 0 Å². The highest BCUT2D eigenvalue weighted by Gasteiger charge is 2.42. The molecule has 2 atom stereocenters. The third-order valence-electron chi connectivity index (χ3n) is 16.0. The summed E-state index contributed by atoms with van der Waals surface area (Å²) in [6, 6.07) is 64.7. The van der Waals surface area contributed by atoms with Crippen LogP contribution in [-0.4, -0.2) is 6.10 Å². The maximum absolute atomic E-state index is 7.36. The third-order valence-corrected chi connectivity index (χ3v) is 16.0. The minimum atomic E-state index is -0.132.